The van der Waals surface area contributed by atoms with Gasteiger partial charge in [0.15, 0.2) is 0 Å². The summed E-state index contributed by atoms with van der Waals surface area (Å²) in [6.07, 6.45) is 1.88. The van der Waals surface area contributed by atoms with Crippen molar-refractivity contribution < 1.29 is 0 Å². The first-order valence-corrected chi connectivity index (χ1v) is 5.87. The van der Waals surface area contributed by atoms with Gasteiger partial charge in [-0.3, -0.25) is 0 Å². The van der Waals surface area contributed by atoms with E-state index in [1.807, 2.05) is 43.3 Å². The van der Waals surface area contributed by atoms with Gasteiger partial charge in [-0.15, -0.1) is 0 Å². The summed E-state index contributed by atoms with van der Waals surface area (Å²) < 4.78 is 0. The van der Waals surface area contributed by atoms with Gasteiger partial charge in [0.2, 0.25) is 0 Å². The van der Waals surface area contributed by atoms with Gasteiger partial charge in [-0.2, -0.15) is 0 Å². The Morgan fingerprint density at radius 1 is 1.44 bits per heavy atom. The number of nitrogens with zero attached hydrogens (tertiary/aromatic N) is 3. The van der Waals surface area contributed by atoms with Crippen LogP contribution in [0.15, 0.2) is 24.4 Å². The molecule has 0 aliphatic carbocycles. The molecule has 0 saturated heterocycles. The highest BCUT2D eigenvalue weighted by atomic mass is 15.2. The summed E-state index contributed by atoms with van der Waals surface area (Å²) in [5.74, 6) is 3.34. The third-order valence-electron chi connectivity index (χ3n) is 2.56. The van der Waals surface area contributed by atoms with Crippen molar-refractivity contribution in [2.24, 2.45) is 5.73 Å². The fraction of sp³-hybridized carbons (Fsp3) is 0.333. The molecule has 2 aromatic rings. The lowest BCUT2D eigenvalue weighted by Gasteiger charge is -2.17. The Morgan fingerprint density at radius 2 is 2.28 bits per heavy atom. The molecule has 4 N–H and O–H groups in total. The molecule has 2 rings (SSSR count). The van der Waals surface area contributed by atoms with E-state index in [9.17, 15) is 0 Å². The molecular formula is C12H18N6. The topological polar surface area (TPSA) is 82.9 Å². The molecule has 0 atom stereocenters. The number of hydrogen-bond acceptors (Lipinski definition) is 5. The summed E-state index contributed by atoms with van der Waals surface area (Å²) in [4.78, 5) is 13.9. The fourth-order valence-electron chi connectivity index (χ4n) is 1.67. The third-order valence-corrected chi connectivity index (χ3v) is 2.56. The molecule has 96 valence electrons. The van der Waals surface area contributed by atoms with Gasteiger partial charge in [0, 0.05) is 32.4 Å². The van der Waals surface area contributed by atoms with Crippen molar-refractivity contribution in [3.8, 4) is 0 Å². The Balaban J connectivity index is 2.24. The summed E-state index contributed by atoms with van der Waals surface area (Å²) in [6, 6.07) is 5.85. The second kappa shape index (κ2) is 5.50. The number of aromatic amines is 1. The lowest BCUT2D eigenvalue weighted by Crippen LogP contribution is -2.16. The van der Waals surface area contributed by atoms with Gasteiger partial charge in [-0.25, -0.2) is 9.97 Å². The van der Waals surface area contributed by atoms with Gasteiger partial charge in [-0.1, -0.05) is 0 Å². The number of H-pyrrole nitrogens is 1. The van der Waals surface area contributed by atoms with Crippen molar-refractivity contribution in [2.45, 2.75) is 6.92 Å². The first kappa shape index (κ1) is 12.4. The smallest absolute Gasteiger partial charge is 0.139 e. The van der Waals surface area contributed by atoms with Gasteiger partial charge in [0.25, 0.3) is 0 Å². The highest BCUT2D eigenvalue weighted by Crippen LogP contribution is 2.21. The molecule has 0 spiro atoms. The van der Waals surface area contributed by atoms with Crippen molar-refractivity contribution in [1.82, 2.24) is 15.0 Å². The number of aromatic nitrogens is 3. The SMILES string of the molecule is Cc1nc(NCCN)cc(N(C)c2ccc[nH]2)n1. The summed E-state index contributed by atoms with van der Waals surface area (Å²) in [5, 5.41) is 3.16. The van der Waals surface area contributed by atoms with Crippen molar-refractivity contribution >= 4 is 17.5 Å². The second-order valence-corrected chi connectivity index (χ2v) is 3.99. The van der Waals surface area contributed by atoms with E-state index < -0.39 is 0 Å². The molecule has 0 aromatic carbocycles. The van der Waals surface area contributed by atoms with Crippen LogP contribution in [-0.4, -0.2) is 35.1 Å². The molecule has 0 bridgehead atoms. The van der Waals surface area contributed by atoms with Crippen molar-refractivity contribution in [3.05, 3.63) is 30.2 Å². The Labute approximate surface area is 106 Å². The van der Waals surface area contributed by atoms with Gasteiger partial charge in [0.05, 0.1) is 0 Å². The predicted molar refractivity (Wildman–Crippen MR) is 73.2 cm³/mol. The lowest BCUT2D eigenvalue weighted by atomic mass is 10.4. The van der Waals surface area contributed by atoms with Crippen molar-refractivity contribution in [2.75, 3.05) is 30.4 Å². The number of hydrogen-bond donors (Lipinski definition) is 3. The van der Waals surface area contributed by atoms with E-state index >= 15 is 0 Å². The maximum absolute atomic E-state index is 5.47. The Bertz CT molecular complexity index is 493. The molecule has 0 aliphatic rings. The van der Waals surface area contributed by atoms with Gasteiger partial charge in [0.1, 0.15) is 23.3 Å². The van der Waals surface area contributed by atoms with E-state index in [0.717, 1.165) is 23.3 Å². The molecule has 0 saturated carbocycles. The minimum Gasteiger partial charge on any atom is -0.369 e. The molecule has 0 unspecified atom stereocenters. The van der Waals surface area contributed by atoms with Crippen LogP contribution >= 0.6 is 0 Å². The third kappa shape index (κ3) is 2.78. The first-order chi connectivity index (χ1) is 8.70. The standard InChI is InChI=1S/C12H18N6/c1-9-16-10(14-7-5-13)8-12(17-9)18(2)11-4-3-6-15-11/h3-4,6,8,15H,5,7,13H2,1-2H3,(H,14,16,17). The zero-order valence-corrected chi connectivity index (χ0v) is 10.6. The average Bonchev–Trinajstić information content (AvgIpc) is 2.88. The monoisotopic (exact) mass is 246 g/mol. The Kier molecular flexibility index (Phi) is 3.78. The van der Waals surface area contributed by atoms with E-state index in [-0.39, 0.29) is 0 Å². The summed E-state index contributed by atoms with van der Waals surface area (Å²) in [6.45, 7) is 3.15. The Hall–Kier alpha value is -2.08. The Morgan fingerprint density at radius 3 is 2.94 bits per heavy atom. The van der Waals surface area contributed by atoms with Gasteiger partial charge < -0.3 is 20.9 Å². The number of rotatable bonds is 5. The number of nitrogens with one attached hydrogen (secondary N) is 2. The van der Waals surface area contributed by atoms with Crippen LogP contribution in [0.1, 0.15) is 5.82 Å². The molecule has 2 aromatic heterocycles. The fourth-order valence-corrected chi connectivity index (χ4v) is 1.67. The zero-order valence-electron chi connectivity index (χ0n) is 10.6. The molecule has 2 heterocycles. The molecular weight excluding hydrogens is 228 g/mol. The van der Waals surface area contributed by atoms with E-state index in [0.29, 0.717) is 13.1 Å². The minimum atomic E-state index is 0.574. The molecule has 6 heteroatoms. The minimum absolute atomic E-state index is 0.574. The summed E-state index contributed by atoms with van der Waals surface area (Å²) in [7, 11) is 1.96. The summed E-state index contributed by atoms with van der Waals surface area (Å²) in [5.41, 5.74) is 5.47. The second-order valence-electron chi connectivity index (χ2n) is 3.99. The molecule has 0 amide bonds. The number of nitrogens with two attached hydrogens (primary N) is 1. The molecule has 18 heavy (non-hydrogen) atoms. The normalized spacial score (nSPS) is 10.4. The quantitative estimate of drug-likeness (QED) is 0.739. The molecule has 0 radical (unpaired) electrons. The van der Waals surface area contributed by atoms with Crippen molar-refractivity contribution in [3.63, 3.8) is 0 Å². The van der Waals surface area contributed by atoms with Gasteiger partial charge in [-0.05, 0) is 19.1 Å². The van der Waals surface area contributed by atoms with E-state index in [4.69, 9.17) is 5.73 Å². The van der Waals surface area contributed by atoms with E-state index in [1.54, 1.807) is 0 Å². The lowest BCUT2D eigenvalue weighted by molar-refractivity contribution is 0.970. The predicted octanol–water partition coefficient (Wildman–Crippen LogP) is 1.25. The summed E-state index contributed by atoms with van der Waals surface area (Å²) >= 11 is 0. The van der Waals surface area contributed by atoms with Crippen LogP contribution in [0, 0.1) is 6.92 Å². The van der Waals surface area contributed by atoms with Crippen LogP contribution in [-0.2, 0) is 0 Å². The zero-order chi connectivity index (χ0) is 13.0. The largest absolute Gasteiger partial charge is 0.369 e. The maximum atomic E-state index is 5.47. The highest BCUT2D eigenvalue weighted by Gasteiger charge is 2.08. The van der Waals surface area contributed by atoms with E-state index in [2.05, 4.69) is 20.3 Å². The highest BCUT2D eigenvalue weighted by molar-refractivity contribution is 5.58. The van der Waals surface area contributed by atoms with Crippen molar-refractivity contribution in [1.29, 1.82) is 0 Å². The molecule has 6 nitrogen and oxygen atoms in total. The average molecular weight is 246 g/mol. The van der Waals surface area contributed by atoms with E-state index in [1.165, 1.54) is 0 Å². The number of aryl methyl sites for hydroxylation is 1. The van der Waals surface area contributed by atoms with Crippen LogP contribution in [0.3, 0.4) is 0 Å². The van der Waals surface area contributed by atoms with Crippen LogP contribution in [0.5, 0.6) is 0 Å². The van der Waals surface area contributed by atoms with Crippen LogP contribution in [0.4, 0.5) is 17.5 Å². The van der Waals surface area contributed by atoms with Crippen LogP contribution in [0.2, 0.25) is 0 Å². The maximum Gasteiger partial charge on any atom is 0.139 e. The molecule has 0 fully saturated rings. The van der Waals surface area contributed by atoms with Crippen LogP contribution in [0.25, 0.3) is 0 Å². The molecule has 0 aliphatic heterocycles. The first-order valence-electron chi connectivity index (χ1n) is 5.87. The van der Waals surface area contributed by atoms with Crippen LogP contribution < -0.4 is 16.0 Å². The number of anilines is 3. The van der Waals surface area contributed by atoms with Gasteiger partial charge >= 0.3 is 0 Å².